The molecule has 3 N–H and O–H groups in total. The smallest absolute Gasteiger partial charge is 0.226 e. The number of aliphatic hydroxyl groups is 1. The number of benzene rings is 1. The van der Waals surface area contributed by atoms with Gasteiger partial charge in [-0.1, -0.05) is 0 Å². The molecule has 6 rings (SSSR count). The van der Waals surface area contributed by atoms with Gasteiger partial charge in [0.25, 0.3) is 0 Å². The van der Waals surface area contributed by atoms with Crippen LogP contribution in [0.15, 0.2) is 18.3 Å². The first kappa shape index (κ1) is 26.8. The molecule has 2 aliphatic heterocycles. The van der Waals surface area contributed by atoms with Crippen LogP contribution in [0.3, 0.4) is 0 Å². The third kappa shape index (κ3) is 5.19. The minimum atomic E-state index is -1.08. The molecule has 0 radical (unpaired) electrons. The molecule has 2 saturated heterocycles. The Hall–Kier alpha value is -3.45. The first-order chi connectivity index (χ1) is 19.4. The Morgan fingerprint density at radius 2 is 1.85 bits per heavy atom. The molecule has 13 heteroatoms. The number of ether oxygens (including phenoxy) is 1. The summed E-state index contributed by atoms with van der Waals surface area (Å²) in [7, 11) is 0. The standard InChI is InChI=1S/C27H32F3N7O3/c28-16-10-20(29)23(21(30)11-16)34-27-33-22-12-31-26(32-17-7-9-40-14-17)35-24(22)37(27)18-5-3-15(4-6-18)25(39)36-8-1-2-19(36)13-38/h10-12,15,17-19,38H,1-9,13-14H2,(H,33,34)(H,31,32,35)/t15-,17-,18+,19-/m0/s1. The molecule has 40 heavy (non-hydrogen) atoms. The lowest BCUT2D eigenvalue weighted by Gasteiger charge is -2.33. The zero-order valence-electron chi connectivity index (χ0n) is 22.0. The molecule has 0 spiro atoms. The number of fused-ring (bicyclic) bond motifs is 1. The van der Waals surface area contributed by atoms with Crippen LogP contribution in [0.4, 0.5) is 30.8 Å². The summed E-state index contributed by atoms with van der Waals surface area (Å²) in [5.41, 5.74) is 0.400. The summed E-state index contributed by atoms with van der Waals surface area (Å²) in [4.78, 5) is 28.7. The second kappa shape index (κ2) is 11.2. The highest BCUT2D eigenvalue weighted by molar-refractivity contribution is 5.80. The Labute approximate surface area is 228 Å². The number of imidazole rings is 1. The van der Waals surface area contributed by atoms with Crippen LogP contribution in [0.1, 0.15) is 51.0 Å². The van der Waals surface area contributed by atoms with Crippen LogP contribution in [0.25, 0.3) is 11.2 Å². The molecule has 0 bridgehead atoms. The zero-order valence-corrected chi connectivity index (χ0v) is 22.0. The summed E-state index contributed by atoms with van der Waals surface area (Å²) in [6.45, 7) is 1.83. The van der Waals surface area contributed by atoms with Crippen LogP contribution in [0.2, 0.25) is 0 Å². The van der Waals surface area contributed by atoms with E-state index in [1.165, 1.54) is 0 Å². The van der Waals surface area contributed by atoms with Crippen molar-refractivity contribution in [3.05, 3.63) is 35.8 Å². The first-order valence-corrected chi connectivity index (χ1v) is 13.8. The Morgan fingerprint density at radius 1 is 1.07 bits per heavy atom. The lowest BCUT2D eigenvalue weighted by molar-refractivity contribution is -0.138. The van der Waals surface area contributed by atoms with Crippen molar-refractivity contribution < 1.29 is 27.8 Å². The average Bonchev–Trinajstić information content (AvgIpc) is 3.70. The highest BCUT2D eigenvalue weighted by Gasteiger charge is 2.36. The van der Waals surface area contributed by atoms with Gasteiger partial charge in [-0.2, -0.15) is 4.98 Å². The van der Waals surface area contributed by atoms with E-state index in [1.807, 2.05) is 9.47 Å². The summed E-state index contributed by atoms with van der Waals surface area (Å²) in [5, 5.41) is 15.7. The van der Waals surface area contributed by atoms with Crippen molar-refractivity contribution in [2.75, 3.05) is 37.0 Å². The zero-order chi connectivity index (χ0) is 27.8. The number of carbonyl (C=O) groups is 1. The van der Waals surface area contributed by atoms with Gasteiger partial charge in [-0.3, -0.25) is 9.36 Å². The summed E-state index contributed by atoms with van der Waals surface area (Å²) in [6, 6.07) is 1.01. The minimum absolute atomic E-state index is 0.0311. The van der Waals surface area contributed by atoms with Gasteiger partial charge in [-0.25, -0.2) is 23.1 Å². The molecule has 3 aliphatic rings. The van der Waals surface area contributed by atoms with Gasteiger partial charge in [0.15, 0.2) is 17.3 Å². The molecule has 214 valence electrons. The van der Waals surface area contributed by atoms with Crippen LogP contribution in [-0.2, 0) is 9.53 Å². The van der Waals surface area contributed by atoms with Crippen LogP contribution >= 0.6 is 0 Å². The maximum Gasteiger partial charge on any atom is 0.226 e. The molecule has 1 amide bonds. The van der Waals surface area contributed by atoms with Crippen LogP contribution in [0, 0.1) is 23.4 Å². The number of rotatable bonds is 7. The summed E-state index contributed by atoms with van der Waals surface area (Å²) < 4.78 is 49.9. The largest absolute Gasteiger partial charge is 0.394 e. The molecule has 2 aromatic heterocycles. The first-order valence-electron chi connectivity index (χ1n) is 13.8. The molecule has 0 unspecified atom stereocenters. The van der Waals surface area contributed by atoms with Crippen molar-refractivity contribution in [1.82, 2.24) is 24.4 Å². The molecule has 1 aliphatic carbocycles. The van der Waals surface area contributed by atoms with Gasteiger partial charge < -0.3 is 25.4 Å². The van der Waals surface area contributed by atoms with E-state index in [4.69, 9.17) is 9.72 Å². The Kier molecular flexibility index (Phi) is 7.49. The Balaban J connectivity index is 1.30. The fourth-order valence-electron chi connectivity index (χ4n) is 6.13. The highest BCUT2D eigenvalue weighted by atomic mass is 19.1. The van der Waals surface area contributed by atoms with E-state index < -0.39 is 23.1 Å². The topological polar surface area (TPSA) is 117 Å². The number of likely N-dealkylation sites (tertiary alicyclic amines) is 1. The number of aromatic nitrogens is 4. The number of nitrogens with one attached hydrogen (secondary N) is 2. The van der Waals surface area contributed by atoms with Crippen LogP contribution in [0.5, 0.6) is 0 Å². The molecular weight excluding hydrogens is 527 g/mol. The Morgan fingerprint density at radius 3 is 2.55 bits per heavy atom. The maximum atomic E-state index is 14.6. The predicted molar refractivity (Wildman–Crippen MR) is 141 cm³/mol. The van der Waals surface area contributed by atoms with Crippen molar-refractivity contribution in [1.29, 1.82) is 0 Å². The highest BCUT2D eigenvalue weighted by Crippen LogP contribution is 2.39. The van der Waals surface area contributed by atoms with E-state index in [0.29, 0.717) is 74.7 Å². The number of aliphatic hydroxyl groups excluding tert-OH is 1. The van der Waals surface area contributed by atoms with Gasteiger partial charge in [0.05, 0.1) is 31.5 Å². The number of anilines is 3. The monoisotopic (exact) mass is 559 g/mol. The van der Waals surface area contributed by atoms with E-state index in [1.54, 1.807) is 6.20 Å². The molecule has 3 aromatic rings. The summed E-state index contributed by atoms with van der Waals surface area (Å²) in [6.07, 6.45) is 6.55. The van der Waals surface area contributed by atoms with Crippen molar-refractivity contribution in [2.24, 2.45) is 5.92 Å². The van der Waals surface area contributed by atoms with Crippen LogP contribution in [-0.4, -0.2) is 73.9 Å². The number of nitrogens with zero attached hydrogens (tertiary/aromatic N) is 5. The number of hydrogen-bond donors (Lipinski definition) is 3. The van der Waals surface area contributed by atoms with Gasteiger partial charge in [0.2, 0.25) is 17.8 Å². The lowest BCUT2D eigenvalue weighted by Crippen LogP contribution is -2.42. The van der Waals surface area contributed by atoms with Crippen molar-refractivity contribution in [3.8, 4) is 0 Å². The molecular formula is C27H32F3N7O3. The molecule has 1 saturated carbocycles. The van der Waals surface area contributed by atoms with Crippen molar-refractivity contribution in [2.45, 2.75) is 63.1 Å². The molecule has 10 nitrogen and oxygen atoms in total. The van der Waals surface area contributed by atoms with E-state index >= 15 is 0 Å². The number of carbonyl (C=O) groups excluding carboxylic acids is 1. The minimum Gasteiger partial charge on any atom is -0.394 e. The fraction of sp³-hybridized carbons (Fsp3) is 0.556. The molecule has 2 atom stereocenters. The van der Waals surface area contributed by atoms with Crippen molar-refractivity contribution in [3.63, 3.8) is 0 Å². The number of amides is 1. The van der Waals surface area contributed by atoms with Crippen molar-refractivity contribution >= 4 is 34.7 Å². The summed E-state index contributed by atoms with van der Waals surface area (Å²) in [5.74, 6) is -2.71. The fourth-order valence-corrected chi connectivity index (χ4v) is 6.13. The van der Waals surface area contributed by atoms with E-state index in [0.717, 1.165) is 19.3 Å². The van der Waals surface area contributed by atoms with E-state index in [9.17, 15) is 23.1 Å². The van der Waals surface area contributed by atoms with Gasteiger partial charge in [0, 0.05) is 37.2 Å². The lowest BCUT2D eigenvalue weighted by atomic mass is 9.85. The average molecular weight is 560 g/mol. The second-order valence-corrected chi connectivity index (χ2v) is 10.8. The van der Waals surface area contributed by atoms with Crippen LogP contribution < -0.4 is 10.6 Å². The molecule has 4 heterocycles. The number of halogens is 3. The van der Waals surface area contributed by atoms with Gasteiger partial charge in [0.1, 0.15) is 17.0 Å². The quantitative estimate of drug-likeness (QED) is 0.399. The third-order valence-corrected chi connectivity index (χ3v) is 8.22. The van der Waals surface area contributed by atoms with Gasteiger partial charge in [-0.05, 0) is 44.9 Å². The summed E-state index contributed by atoms with van der Waals surface area (Å²) >= 11 is 0. The Bertz CT molecular complexity index is 1370. The predicted octanol–water partition coefficient (Wildman–Crippen LogP) is 3.90. The third-order valence-electron chi connectivity index (χ3n) is 8.22. The molecule has 3 fully saturated rings. The normalized spacial score (nSPS) is 25.1. The maximum absolute atomic E-state index is 14.6. The molecule has 1 aromatic carbocycles. The number of hydrogen-bond acceptors (Lipinski definition) is 8. The second-order valence-electron chi connectivity index (χ2n) is 10.8. The van der Waals surface area contributed by atoms with E-state index in [-0.39, 0.29) is 42.5 Å². The van der Waals surface area contributed by atoms with Gasteiger partial charge >= 0.3 is 0 Å². The SMILES string of the molecule is O=C([C@H]1CC[C@@H](n2c(Nc3c(F)cc(F)cc3F)nc3cnc(N[C@H]4CCOC4)nc32)CC1)N1CCC[C@H]1CO. The van der Waals surface area contributed by atoms with E-state index in [2.05, 4.69) is 20.6 Å². The van der Waals surface area contributed by atoms with Gasteiger partial charge in [-0.15, -0.1) is 0 Å².